The van der Waals surface area contributed by atoms with Crippen molar-refractivity contribution < 1.29 is 13.2 Å². The molecule has 0 aliphatic heterocycles. The fourth-order valence-corrected chi connectivity index (χ4v) is 2.83. The Hall–Kier alpha value is -0.330. The number of halogens is 1. The Morgan fingerprint density at radius 3 is 2.31 bits per heavy atom. The van der Waals surface area contributed by atoms with E-state index in [-0.39, 0.29) is 11.7 Å². The van der Waals surface area contributed by atoms with Crippen LogP contribution < -0.4 is 10.5 Å². The number of primary amides is 1. The van der Waals surface area contributed by atoms with Crippen LogP contribution in [0.1, 0.15) is 26.7 Å². The molecule has 1 atom stereocenters. The van der Waals surface area contributed by atoms with Crippen LogP contribution in [0.25, 0.3) is 0 Å². The molecule has 0 aromatic carbocycles. The Kier molecular flexibility index (Phi) is 6.94. The van der Waals surface area contributed by atoms with Crippen molar-refractivity contribution in [2.75, 3.05) is 11.6 Å². The lowest BCUT2D eigenvalue weighted by molar-refractivity contribution is -0.120. The van der Waals surface area contributed by atoms with Gasteiger partial charge in [-0.1, -0.05) is 13.8 Å². The molecule has 0 spiro atoms. The van der Waals surface area contributed by atoms with Gasteiger partial charge in [-0.25, -0.2) is 13.1 Å². The summed E-state index contributed by atoms with van der Waals surface area (Å²) >= 11 is 5.45. The Morgan fingerprint density at radius 1 is 1.38 bits per heavy atom. The van der Waals surface area contributed by atoms with Crippen molar-refractivity contribution in [1.82, 2.24) is 4.72 Å². The molecule has 0 heterocycles. The number of rotatable bonds is 8. The van der Waals surface area contributed by atoms with Gasteiger partial charge in [0.1, 0.15) is 6.04 Å². The van der Waals surface area contributed by atoms with Crippen LogP contribution in [0, 0.1) is 5.92 Å². The Morgan fingerprint density at radius 2 is 1.94 bits per heavy atom. The van der Waals surface area contributed by atoms with Gasteiger partial charge in [0.15, 0.2) is 0 Å². The summed E-state index contributed by atoms with van der Waals surface area (Å²) in [6.07, 6.45) is 1.10. The number of nitrogens with two attached hydrogens (primary N) is 1. The van der Waals surface area contributed by atoms with Crippen LogP contribution in [0.4, 0.5) is 0 Å². The minimum Gasteiger partial charge on any atom is -0.368 e. The highest BCUT2D eigenvalue weighted by molar-refractivity contribution is 7.89. The van der Waals surface area contributed by atoms with Crippen molar-refractivity contribution in [1.29, 1.82) is 0 Å². The first-order valence-corrected chi connectivity index (χ1v) is 7.34. The monoisotopic (exact) mass is 270 g/mol. The fraction of sp³-hybridized carbons (Fsp3) is 0.889. The van der Waals surface area contributed by atoms with Crippen LogP contribution in [0.2, 0.25) is 0 Å². The minimum atomic E-state index is -3.45. The smallest absolute Gasteiger partial charge is 0.235 e. The number of amides is 1. The van der Waals surface area contributed by atoms with Gasteiger partial charge in [0.25, 0.3) is 0 Å². The Bertz CT molecular complexity index is 317. The number of carbonyl (C=O) groups is 1. The molecule has 1 unspecified atom stereocenters. The molecule has 0 aromatic heterocycles. The van der Waals surface area contributed by atoms with Gasteiger partial charge >= 0.3 is 0 Å². The van der Waals surface area contributed by atoms with E-state index in [2.05, 4.69) is 4.72 Å². The maximum absolute atomic E-state index is 11.6. The molecule has 16 heavy (non-hydrogen) atoms. The molecule has 0 rings (SSSR count). The highest BCUT2D eigenvalue weighted by Gasteiger charge is 2.24. The Labute approximate surface area is 102 Å². The summed E-state index contributed by atoms with van der Waals surface area (Å²) in [4.78, 5) is 11.0. The van der Waals surface area contributed by atoms with Gasteiger partial charge in [0.2, 0.25) is 15.9 Å². The number of carbonyl (C=O) groups excluding carboxylic acids is 1. The minimum absolute atomic E-state index is 0.0315. The van der Waals surface area contributed by atoms with Crippen molar-refractivity contribution in [3.8, 4) is 0 Å². The van der Waals surface area contributed by atoms with Gasteiger partial charge in [-0.2, -0.15) is 0 Å². The van der Waals surface area contributed by atoms with Crippen LogP contribution >= 0.6 is 11.6 Å². The van der Waals surface area contributed by atoms with Crippen molar-refractivity contribution in [3.63, 3.8) is 0 Å². The summed E-state index contributed by atoms with van der Waals surface area (Å²) in [6, 6.07) is -0.846. The number of hydrogen-bond acceptors (Lipinski definition) is 3. The lowest BCUT2D eigenvalue weighted by atomic mass is 10.1. The fourth-order valence-electron chi connectivity index (χ4n) is 1.16. The van der Waals surface area contributed by atoms with E-state index in [9.17, 15) is 13.2 Å². The highest BCUT2D eigenvalue weighted by Crippen LogP contribution is 2.04. The molecule has 0 aliphatic rings. The maximum Gasteiger partial charge on any atom is 0.235 e. The predicted octanol–water partition coefficient (Wildman–Crippen LogP) is 0.435. The molecule has 0 radical (unpaired) electrons. The van der Waals surface area contributed by atoms with Crippen molar-refractivity contribution >= 4 is 27.5 Å². The van der Waals surface area contributed by atoms with E-state index in [1.54, 1.807) is 13.8 Å². The largest absolute Gasteiger partial charge is 0.368 e. The first-order valence-electron chi connectivity index (χ1n) is 5.15. The summed E-state index contributed by atoms with van der Waals surface area (Å²) in [5, 5.41) is 0. The van der Waals surface area contributed by atoms with Gasteiger partial charge in [-0.05, 0) is 18.8 Å². The SMILES string of the molecule is CC(C)C(NS(=O)(=O)CCCCCl)C(N)=O. The quantitative estimate of drug-likeness (QED) is 0.495. The summed E-state index contributed by atoms with van der Waals surface area (Å²) in [5.74, 6) is -0.425. The molecule has 0 aliphatic carbocycles. The van der Waals surface area contributed by atoms with E-state index < -0.39 is 22.0 Å². The third-order valence-corrected chi connectivity index (χ3v) is 3.78. The molecule has 0 bridgehead atoms. The summed E-state index contributed by atoms with van der Waals surface area (Å²) in [5.41, 5.74) is 5.11. The van der Waals surface area contributed by atoms with E-state index in [1.807, 2.05) is 0 Å². The van der Waals surface area contributed by atoms with E-state index in [4.69, 9.17) is 17.3 Å². The lowest BCUT2D eigenvalue weighted by Gasteiger charge is -2.18. The molecule has 7 heteroatoms. The van der Waals surface area contributed by atoms with Crippen molar-refractivity contribution in [3.05, 3.63) is 0 Å². The van der Waals surface area contributed by atoms with Crippen molar-refractivity contribution in [2.24, 2.45) is 11.7 Å². The number of unbranched alkanes of at least 4 members (excludes halogenated alkanes) is 1. The normalized spacial score (nSPS) is 14.0. The van der Waals surface area contributed by atoms with Gasteiger partial charge < -0.3 is 5.73 Å². The second kappa shape index (κ2) is 7.09. The van der Waals surface area contributed by atoms with Gasteiger partial charge in [0, 0.05) is 5.88 Å². The zero-order valence-electron chi connectivity index (χ0n) is 9.57. The molecule has 0 saturated heterocycles. The Balaban J connectivity index is 4.37. The molecular formula is C9H19ClN2O3S. The molecule has 0 aromatic rings. The standard InChI is InChI=1S/C9H19ClN2O3S/c1-7(2)8(9(11)13)12-16(14,15)6-4-3-5-10/h7-8,12H,3-6H2,1-2H3,(H2,11,13). The van der Waals surface area contributed by atoms with Gasteiger partial charge in [-0.15, -0.1) is 11.6 Å². The molecule has 1 amide bonds. The third kappa shape index (κ3) is 6.30. The van der Waals surface area contributed by atoms with E-state index in [0.717, 1.165) is 0 Å². The molecule has 5 nitrogen and oxygen atoms in total. The van der Waals surface area contributed by atoms with Gasteiger partial charge in [-0.3, -0.25) is 4.79 Å². The van der Waals surface area contributed by atoms with Crippen LogP contribution in [0.5, 0.6) is 0 Å². The topological polar surface area (TPSA) is 89.3 Å². The number of hydrogen-bond donors (Lipinski definition) is 2. The van der Waals surface area contributed by atoms with Crippen LogP contribution in [-0.2, 0) is 14.8 Å². The van der Waals surface area contributed by atoms with E-state index >= 15 is 0 Å². The van der Waals surface area contributed by atoms with Crippen LogP contribution in [0.3, 0.4) is 0 Å². The van der Waals surface area contributed by atoms with Gasteiger partial charge in [0.05, 0.1) is 5.75 Å². The summed E-state index contributed by atoms with van der Waals surface area (Å²) < 4.78 is 25.4. The van der Waals surface area contributed by atoms with Crippen molar-refractivity contribution in [2.45, 2.75) is 32.7 Å². The third-order valence-electron chi connectivity index (χ3n) is 2.08. The highest BCUT2D eigenvalue weighted by atomic mass is 35.5. The molecular weight excluding hydrogens is 252 g/mol. The number of alkyl halides is 1. The summed E-state index contributed by atoms with van der Waals surface area (Å²) in [7, 11) is -3.45. The molecule has 0 fully saturated rings. The van der Waals surface area contributed by atoms with E-state index in [0.29, 0.717) is 18.7 Å². The number of nitrogens with one attached hydrogen (secondary N) is 1. The lowest BCUT2D eigenvalue weighted by Crippen LogP contribution is -2.48. The average Bonchev–Trinajstić information content (AvgIpc) is 2.13. The molecule has 96 valence electrons. The second-order valence-electron chi connectivity index (χ2n) is 3.96. The average molecular weight is 271 g/mol. The van der Waals surface area contributed by atoms with Crippen LogP contribution in [0.15, 0.2) is 0 Å². The first-order chi connectivity index (χ1) is 7.30. The maximum atomic E-state index is 11.6. The second-order valence-corrected chi connectivity index (χ2v) is 6.21. The number of sulfonamides is 1. The first kappa shape index (κ1) is 15.7. The predicted molar refractivity (Wildman–Crippen MR) is 64.7 cm³/mol. The zero-order chi connectivity index (χ0) is 12.8. The molecule has 0 saturated carbocycles. The molecule has 3 N–H and O–H groups in total. The van der Waals surface area contributed by atoms with E-state index in [1.165, 1.54) is 0 Å². The summed E-state index contributed by atoms with van der Waals surface area (Å²) in [6.45, 7) is 3.47. The van der Waals surface area contributed by atoms with Crippen LogP contribution in [-0.4, -0.2) is 32.0 Å². The zero-order valence-corrected chi connectivity index (χ0v) is 11.1.